The molecule has 0 amide bonds. The molecule has 0 aliphatic carbocycles. The largest absolute Gasteiger partial charge is 0.416 e. The zero-order valence-corrected chi connectivity index (χ0v) is 9.99. The van der Waals surface area contributed by atoms with E-state index in [0.29, 0.717) is 6.07 Å². The minimum Gasteiger partial charge on any atom is -0.204 e. The summed E-state index contributed by atoms with van der Waals surface area (Å²) >= 11 is 5.71. The van der Waals surface area contributed by atoms with Crippen molar-refractivity contribution in [2.45, 2.75) is 6.18 Å². The molecule has 0 spiro atoms. The van der Waals surface area contributed by atoms with Gasteiger partial charge in [0.05, 0.1) is 5.56 Å². The van der Waals surface area contributed by atoms with Crippen molar-refractivity contribution in [3.05, 3.63) is 58.6 Å². The summed E-state index contributed by atoms with van der Waals surface area (Å²) in [6, 6.07) is 5.88. The monoisotopic (exact) mass is 292 g/mol. The van der Waals surface area contributed by atoms with Crippen LogP contribution in [-0.2, 0) is 6.18 Å². The molecule has 0 N–H and O–H groups in total. The van der Waals surface area contributed by atoms with Crippen molar-refractivity contribution in [3.8, 4) is 11.1 Å². The normalized spacial score (nSPS) is 11.7. The molecule has 0 bridgehead atoms. The highest BCUT2D eigenvalue weighted by atomic mass is 35.5. The molecule has 2 aromatic carbocycles. The van der Waals surface area contributed by atoms with Crippen LogP contribution in [0.4, 0.5) is 22.0 Å². The summed E-state index contributed by atoms with van der Waals surface area (Å²) in [6.45, 7) is 0. The summed E-state index contributed by atoms with van der Waals surface area (Å²) in [6.07, 6.45) is -4.54. The molecule has 2 rings (SSSR count). The quantitative estimate of drug-likeness (QED) is 0.625. The molecule has 0 aliphatic rings. The van der Waals surface area contributed by atoms with E-state index in [2.05, 4.69) is 0 Å². The van der Waals surface area contributed by atoms with E-state index >= 15 is 0 Å². The summed E-state index contributed by atoms with van der Waals surface area (Å²) in [4.78, 5) is 0. The molecular weight excluding hydrogens is 287 g/mol. The second kappa shape index (κ2) is 4.81. The van der Waals surface area contributed by atoms with Gasteiger partial charge in [-0.2, -0.15) is 13.2 Å². The first-order valence-electron chi connectivity index (χ1n) is 5.12. The van der Waals surface area contributed by atoms with Crippen LogP contribution < -0.4 is 0 Å². The third-order valence-corrected chi connectivity index (χ3v) is 2.85. The lowest BCUT2D eigenvalue weighted by molar-refractivity contribution is -0.137. The molecule has 100 valence electrons. The molecule has 0 saturated heterocycles. The molecule has 0 fully saturated rings. The SMILES string of the molecule is Fc1cccc(-c2ccc(C(F)(F)F)cc2Cl)c1F. The Labute approximate surface area is 110 Å². The van der Waals surface area contributed by atoms with Gasteiger partial charge in [-0.25, -0.2) is 8.78 Å². The molecule has 0 heterocycles. The van der Waals surface area contributed by atoms with Crippen LogP contribution in [-0.4, -0.2) is 0 Å². The molecule has 0 unspecified atom stereocenters. The van der Waals surface area contributed by atoms with Crippen LogP contribution in [0, 0.1) is 11.6 Å². The van der Waals surface area contributed by atoms with E-state index in [0.717, 1.165) is 18.2 Å². The van der Waals surface area contributed by atoms with E-state index in [1.807, 2.05) is 0 Å². The Morgan fingerprint density at radius 1 is 0.895 bits per heavy atom. The van der Waals surface area contributed by atoms with Gasteiger partial charge >= 0.3 is 6.18 Å². The average Bonchev–Trinajstić information content (AvgIpc) is 2.32. The maximum atomic E-state index is 13.5. The molecule has 0 saturated carbocycles. The lowest BCUT2D eigenvalue weighted by atomic mass is 10.0. The predicted molar refractivity (Wildman–Crippen MR) is 61.8 cm³/mol. The summed E-state index contributed by atoms with van der Waals surface area (Å²) < 4.78 is 64.0. The van der Waals surface area contributed by atoms with Gasteiger partial charge in [0, 0.05) is 16.1 Å². The molecular formula is C13H6ClF5. The molecule has 0 atom stereocenters. The number of hydrogen-bond donors (Lipinski definition) is 0. The number of alkyl halides is 3. The van der Waals surface area contributed by atoms with Crippen molar-refractivity contribution >= 4 is 11.6 Å². The van der Waals surface area contributed by atoms with Crippen molar-refractivity contribution in [3.63, 3.8) is 0 Å². The lowest BCUT2D eigenvalue weighted by Gasteiger charge is -2.10. The van der Waals surface area contributed by atoms with E-state index in [1.54, 1.807) is 0 Å². The van der Waals surface area contributed by atoms with Gasteiger partial charge in [-0.05, 0) is 18.2 Å². The molecule has 19 heavy (non-hydrogen) atoms. The number of hydrogen-bond acceptors (Lipinski definition) is 0. The first kappa shape index (κ1) is 13.8. The van der Waals surface area contributed by atoms with Crippen LogP contribution in [0.25, 0.3) is 11.1 Å². The van der Waals surface area contributed by atoms with Gasteiger partial charge in [-0.3, -0.25) is 0 Å². The first-order chi connectivity index (χ1) is 8.80. The highest BCUT2D eigenvalue weighted by Gasteiger charge is 2.31. The molecule has 0 aromatic heterocycles. The highest BCUT2D eigenvalue weighted by molar-refractivity contribution is 6.33. The van der Waals surface area contributed by atoms with Gasteiger partial charge in [0.15, 0.2) is 11.6 Å². The number of halogens is 6. The van der Waals surface area contributed by atoms with Crippen LogP contribution in [0.15, 0.2) is 36.4 Å². The zero-order valence-electron chi connectivity index (χ0n) is 9.23. The van der Waals surface area contributed by atoms with E-state index < -0.39 is 23.4 Å². The smallest absolute Gasteiger partial charge is 0.204 e. The van der Waals surface area contributed by atoms with Gasteiger partial charge < -0.3 is 0 Å². The van der Waals surface area contributed by atoms with Gasteiger partial charge in [0.1, 0.15) is 0 Å². The van der Waals surface area contributed by atoms with Crippen molar-refractivity contribution in [2.75, 3.05) is 0 Å². The van der Waals surface area contributed by atoms with E-state index in [9.17, 15) is 22.0 Å². The highest BCUT2D eigenvalue weighted by Crippen LogP contribution is 2.36. The molecule has 0 nitrogen and oxygen atoms in total. The third-order valence-electron chi connectivity index (χ3n) is 2.54. The fourth-order valence-electron chi connectivity index (χ4n) is 1.62. The van der Waals surface area contributed by atoms with E-state index in [1.165, 1.54) is 12.1 Å². The predicted octanol–water partition coefficient (Wildman–Crippen LogP) is 5.30. The molecule has 2 aromatic rings. The van der Waals surface area contributed by atoms with Crippen LogP contribution in [0.3, 0.4) is 0 Å². The van der Waals surface area contributed by atoms with Crippen molar-refractivity contribution < 1.29 is 22.0 Å². The minimum atomic E-state index is -4.54. The summed E-state index contributed by atoms with van der Waals surface area (Å²) in [5.74, 6) is -2.24. The number of rotatable bonds is 1. The van der Waals surface area contributed by atoms with Gasteiger partial charge in [0.25, 0.3) is 0 Å². The Balaban J connectivity index is 2.56. The number of benzene rings is 2. The Morgan fingerprint density at radius 3 is 2.16 bits per heavy atom. The Bertz CT molecular complexity index is 619. The zero-order chi connectivity index (χ0) is 14.2. The fraction of sp³-hybridized carbons (Fsp3) is 0.0769. The van der Waals surface area contributed by atoms with Crippen LogP contribution in [0.5, 0.6) is 0 Å². The van der Waals surface area contributed by atoms with Crippen LogP contribution in [0.1, 0.15) is 5.56 Å². The Morgan fingerprint density at radius 2 is 1.58 bits per heavy atom. The lowest BCUT2D eigenvalue weighted by Crippen LogP contribution is -2.04. The summed E-state index contributed by atoms with van der Waals surface area (Å²) in [5, 5.41) is -0.292. The first-order valence-corrected chi connectivity index (χ1v) is 5.49. The maximum Gasteiger partial charge on any atom is 0.416 e. The summed E-state index contributed by atoms with van der Waals surface area (Å²) in [7, 11) is 0. The van der Waals surface area contributed by atoms with Crippen molar-refractivity contribution in [1.82, 2.24) is 0 Å². The second-order valence-corrected chi connectivity index (χ2v) is 4.20. The molecule has 6 heteroatoms. The summed E-state index contributed by atoms with van der Waals surface area (Å²) in [5.41, 5.74) is -1.12. The van der Waals surface area contributed by atoms with Crippen LogP contribution >= 0.6 is 11.6 Å². The average molecular weight is 293 g/mol. The second-order valence-electron chi connectivity index (χ2n) is 3.79. The third kappa shape index (κ3) is 2.71. The minimum absolute atomic E-state index is 0.00617. The fourth-order valence-corrected chi connectivity index (χ4v) is 1.90. The van der Waals surface area contributed by atoms with Gasteiger partial charge in [-0.1, -0.05) is 29.8 Å². The molecule has 0 radical (unpaired) electrons. The van der Waals surface area contributed by atoms with Crippen LogP contribution in [0.2, 0.25) is 5.02 Å². The van der Waals surface area contributed by atoms with E-state index in [-0.39, 0.29) is 16.1 Å². The topological polar surface area (TPSA) is 0 Å². The van der Waals surface area contributed by atoms with Gasteiger partial charge in [-0.15, -0.1) is 0 Å². The maximum absolute atomic E-state index is 13.5. The van der Waals surface area contributed by atoms with Crippen molar-refractivity contribution in [1.29, 1.82) is 0 Å². The standard InChI is InChI=1S/C13H6ClF5/c14-10-6-7(13(17,18)19)4-5-8(10)9-2-1-3-11(15)12(9)16/h1-6H. The molecule has 0 aliphatic heterocycles. The van der Waals surface area contributed by atoms with Gasteiger partial charge in [0.2, 0.25) is 0 Å². The Hall–Kier alpha value is -1.62. The van der Waals surface area contributed by atoms with E-state index in [4.69, 9.17) is 11.6 Å². The van der Waals surface area contributed by atoms with Crippen molar-refractivity contribution in [2.24, 2.45) is 0 Å². The Kier molecular flexibility index (Phi) is 3.49.